The van der Waals surface area contributed by atoms with Crippen molar-refractivity contribution in [3.05, 3.63) is 69.5 Å². The molecule has 7 nitrogen and oxygen atoms in total. The van der Waals surface area contributed by atoms with Crippen LogP contribution in [0.4, 0.5) is 15.8 Å². The Balaban J connectivity index is 2.11. The van der Waals surface area contributed by atoms with Crippen LogP contribution in [0.15, 0.2) is 42.5 Å². The van der Waals surface area contributed by atoms with Gasteiger partial charge in [0.05, 0.1) is 16.7 Å². The number of aliphatic hydroxyl groups excluding tert-OH is 1. The van der Waals surface area contributed by atoms with Crippen LogP contribution < -0.4 is 11.1 Å². The minimum atomic E-state index is -1.08. The number of hydrogen-bond acceptors (Lipinski definition) is 5. The maximum Gasteiger partial charge on any atom is 0.284 e. The van der Waals surface area contributed by atoms with Crippen LogP contribution in [0.1, 0.15) is 22.0 Å². The molecule has 2 rings (SSSR count). The van der Waals surface area contributed by atoms with Gasteiger partial charge in [0.2, 0.25) is 0 Å². The Morgan fingerprint density at radius 1 is 1.30 bits per heavy atom. The first kappa shape index (κ1) is 16.4. The molecule has 0 aliphatic carbocycles. The molecule has 8 heteroatoms. The van der Waals surface area contributed by atoms with Gasteiger partial charge in [0.15, 0.2) is 0 Å². The van der Waals surface area contributed by atoms with E-state index in [2.05, 4.69) is 5.32 Å². The number of nitrogens with one attached hydrogen (secondary N) is 1. The molecule has 2 aromatic carbocycles. The number of nitro benzene ring substituents is 1. The SMILES string of the molecule is Nc1cccc([N+](=O)[O-])c1C(=O)NCC(O)c1ccc(F)cc1. The van der Waals surface area contributed by atoms with Gasteiger partial charge >= 0.3 is 0 Å². The monoisotopic (exact) mass is 319 g/mol. The standard InChI is InChI=1S/C15H14FN3O4/c16-10-6-4-9(5-7-10)13(20)8-18-15(21)14-11(17)2-1-3-12(14)19(22)23/h1-7,13,20H,8,17H2,(H,18,21). The average Bonchev–Trinajstić information content (AvgIpc) is 2.52. The van der Waals surface area contributed by atoms with Gasteiger partial charge in [-0.2, -0.15) is 0 Å². The molecule has 0 heterocycles. The molecule has 2 aromatic rings. The van der Waals surface area contributed by atoms with E-state index >= 15 is 0 Å². The molecule has 0 aliphatic rings. The maximum absolute atomic E-state index is 12.8. The fourth-order valence-corrected chi connectivity index (χ4v) is 2.04. The normalized spacial score (nSPS) is 11.7. The molecule has 0 fully saturated rings. The molecule has 1 amide bonds. The summed E-state index contributed by atoms with van der Waals surface area (Å²) in [5.41, 5.74) is 5.32. The summed E-state index contributed by atoms with van der Waals surface area (Å²) < 4.78 is 12.8. The fourth-order valence-electron chi connectivity index (χ4n) is 2.04. The lowest BCUT2D eigenvalue weighted by Gasteiger charge is -2.13. The van der Waals surface area contributed by atoms with Crippen molar-refractivity contribution in [1.82, 2.24) is 5.32 Å². The van der Waals surface area contributed by atoms with E-state index in [0.29, 0.717) is 5.56 Å². The van der Waals surface area contributed by atoms with Crippen LogP contribution in [0, 0.1) is 15.9 Å². The predicted octanol–water partition coefficient (Wildman–Crippen LogP) is 1.78. The van der Waals surface area contributed by atoms with Crippen LogP contribution in [0.3, 0.4) is 0 Å². The molecule has 0 aliphatic heterocycles. The first-order valence-electron chi connectivity index (χ1n) is 6.64. The van der Waals surface area contributed by atoms with Crippen LogP contribution in [0.2, 0.25) is 0 Å². The van der Waals surface area contributed by atoms with Gasteiger partial charge in [0, 0.05) is 12.6 Å². The highest BCUT2D eigenvalue weighted by Crippen LogP contribution is 2.24. The summed E-state index contributed by atoms with van der Waals surface area (Å²) in [5, 5.41) is 23.3. The summed E-state index contributed by atoms with van der Waals surface area (Å²) in [6, 6.07) is 9.04. The van der Waals surface area contributed by atoms with Crippen LogP contribution in [0.5, 0.6) is 0 Å². The number of carbonyl (C=O) groups excluding carboxylic acids is 1. The molecule has 0 aromatic heterocycles. The second kappa shape index (κ2) is 6.84. The van der Waals surface area contributed by atoms with Gasteiger partial charge in [-0.1, -0.05) is 18.2 Å². The van der Waals surface area contributed by atoms with Crippen molar-refractivity contribution in [2.45, 2.75) is 6.10 Å². The maximum atomic E-state index is 12.8. The topological polar surface area (TPSA) is 118 Å². The first-order chi connectivity index (χ1) is 10.9. The van der Waals surface area contributed by atoms with E-state index in [-0.39, 0.29) is 17.8 Å². The quantitative estimate of drug-likeness (QED) is 0.441. The number of aliphatic hydroxyl groups is 1. The zero-order chi connectivity index (χ0) is 17.0. The number of carbonyl (C=O) groups is 1. The summed E-state index contributed by atoms with van der Waals surface area (Å²) in [6.45, 7) is -0.198. The molecule has 0 spiro atoms. The zero-order valence-corrected chi connectivity index (χ0v) is 11.9. The molecule has 1 atom stereocenters. The van der Waals surface area contributed by atoms with Gasteiger partial charge in [-0.25, -0.2) is 4.39 Å². The molecule has 0 saturated heterocycles. The number of nitrogens with zero attached hydrogens (tertiary/aromatic N) is 1. The Hall–Kier alpha value is -3.00. The van der Waals surface area contributed by atoms with E-state index < -0.39 is 28.4 Å². The lowest BCUT2D eigenvalue weighted by atomic mass is 10.1. The van der Waals surface area contributed by atoms with E-state index in [1.807, 2.05) is 0 Å². The number of nitro groups is 1. The Morgan fingerprint density at radius 3 is 2.57 bits per heavy atom. The molecule has 0 saturated carbocycles. The lowest BCUT2D eigenvalue weighted by Crippen LogP contribution is -2.29. The van der Waals surface area contributed by atoms with Gasteiger partial charge in [-0.15, -0.1) is 0 Å². The smallest absolute Gasteiger partial charge is 0.284 e. The molecule has 120 valence electrons. The van der Waals surface area contributed by atoms with Crippen molar-refractivity contribution in [2.75, 3.05) is 12.3 Å². The van der Waals surface area contributed by atoms with Crippen LogP contribution >= 0.6 is 0 Å². The van der Waals surface area contributed by atoms with Crippen molar-refractivity contribution in [1.29, 1.82) is 0 Å². The number of hydrogen-bond donors (Lipinski definition) is 3. The molecule has 0 radical (unpaired) electrons. The Bertz CT molecular complexity index is 734. The Morgan fingerprint density at radius 2 is 1.96 bits per heavy atom. The highest BCUT2D eigenvalue weighted by atomic mass is 19.1. The molecule has 1 unspecified atom stereocenters. The number of nitrogen functional groups attached to an aromatic ring is 1. The first-order valence-corrected chi connectivity index (χ1v) is 6.64. The number of halogens is 1. The molecule has 0 bridgehead atoms. The fraction of sp³-hybridized carbons (Fsp3) is 0.133. The second-order valence-electron chi connectivity index (χ2n) is 4.78. The summed E-state index contributed by atoms with van der Waals surface area (Å²) in [4.78, 5) is 22.4. The lowest BCUT2D eigenvalue weighted by molar-refractivity contribution is -0.385. The minimum absolute atomic E-state index is 0.0343. The summed E-state index contributed by atoms with van der Waals surface area (Å²) in [6.07, 6.45) is -1.08. The molecular formula is C15H14FN3O4. The highest BCUT2D eigenvalue weighted by molar-refractivity contribution is 6.03. The van der Waals surface area contributed by atoms with Gasteiger partial charge in [0.25, 0.3) is 11.6 Å². The third kappa shape index (κ3) is 3.80. The second-order valence-corrected chi connectivity index (χ2v) is 4.78. The summed E-state index contributed by atoms with van der Waals surface area (Å²) >= 11 is 0. The molecule has 4 N–H and O–H groups in total. The minimum Gasteiger partial charge on any atom is -0.398 e. The third-order valence-electron chi connectivity index (χ3n) is 3.21. The van der Waals surface area contributed by atoms with Crippen molar-refractivity contribution >= 4 is 17.3 Å². The van der Waals surface area contributed by atoms with Crippen LogP contribution in [0.25, 0.3) is 0 Å². The Labute approximate surface area is 130 Å². The number of nitrogens with two attached hydrogens (primary N) is 1. The van der Waals surface area contributed by atoms with Crippen LogP contribution in [-0.2, 0) is 0 Å². The van der Waals surface area contributed by atoms with E-state index in [1.165, 1.54) is 42.5 Å². The Kier molecular flexibility index (Phi) is 4.87. The van der Waals surface area contributed by atoms with E-state index in [9.17, 15) is 24.4 Å². The van der Waals surface area contributed by atoms with E-state index in [4.69, 9.17) is 5.73 Å². The molecule has 23 heavy (non-hydrogen) atoms. The van der Waals surface area contributed by atoms with Gasteiger partial charge in [-0.05, 0) is 23.8 Å². The van der Waals surface area contributed by atoms with Gasteiger partial charge in [-0.3, -0.25) is 14.9 Å². The van der Waals surface area contributed by atoms with Crippen LogP contribution in [-0.4, -0.2) is 22.5 Å². The number of amides is 1. The number of rotatable bonds is 5. The van der Waals surface area contributed by atoms with Crippen molar-refractivity contribution in [3.63, 3.8) is 0 Å². The van der Waals surface area contributed by atoms with Crippen molar-refractivity contribution in [3.8, 4) is 0 Å². The zero-order valence-electron chi connectivity index (χ0n) is 11.9. The number of benzene rings is 2. The van der Waals surface area contributed by atoms with Gasteiger partial charge in [0.1, 0.15) is 11.4 Å². The summed E-state index contributed by atoms with van der Waals surface area (Å²) in [5.74, 6) is -1.21. The largest absolute Gasteiger partial charge is 0.398 e. The molecular weight excluding hydrogens is 305 g/mol. The number of anilines is 1. The third-order valence-corrected chi connectivity index (χ3v) is 3.21. The average molecular weight is 319 g/mol. The van der Waals surface area contributed by atoms with Crippen molar-refractivity contribution in [2.24, 2.45) is 0 Å². The van der Waals surface area contributed by atoms with E-state index in [0.717, 1.165) is 0 Å². The van der Waals surface area contributed by atoms with E-state index in [1.54, 1.807) is 0 Å². The summed E-state index contributed by atoms with van der Waals surface area (Å²) in [7, 11) is 0. The predicted molar refractivity (Wildman–Crippen MR) is 81.2 cm³/mol. The van der Waals surface area contributed by atoms with Gasteiger partial charge < -0.3 is 16.2 Å². The van der Waals surface area contributed by atoms with Crippen molar-refractivity contribution < 1.29 is 19.2 Å². The highest BCUT2D eigenvalue weighted by Gasteiger charge is 2.23.